The van der Waals surface area contributed by atoms with Crippen molar-refractivity contribution in [1.29, 1.82) is 0 Å². The molecule has 1 rings (SSSR count). The molecule has 1 aliphatic rings. The van der Waals surface area contributed by atoms with Crippen molar-refractivity contribution in [2.75, 3.05) is 0 Å². The smallest absolute Gasteiger partial charge is 0.117 e. The van der Waals surface area contributed by atoms with Crippen LogP contribution < -0.4 is 5.32 Å². The Morgan fingerprint density at radius 3 is 1.41 bits per heavy atom. The molecule has 1 fully saturated rings. The van der Waals surface area contributed by atoms with Crippen LogP contribution >= 0.6 is 0 Å². The van der Waals surface area contributed by atoms with Crippen LogP contribution in [0.15, 0.2) is 0 Å². The Labute approximate surface area is 182 Å². The van der Waals surface area contributed by atoms with E-state index in [-0.39, 0.29) is 0 Å². The minimum Gasteiger partial charge on any atom is -0.379 e. The molecule has 0 aliphatic heterocycles. The average Bonchev–Trinajstić information content (AvgIpc) is 2.70. The minimum atomic E-state index is -0.813. The molecule has 1 aliphatic carbocycles. The van der Waals surface area contributed by atoms with Crippen molar-refractivity contribution in [2.24, 2.45) is 0 Å². The van der Waals surface area contributed by atoms with E-state index in [1.165, 1.54) is 109 Å². The van der Waals surface area contributed by atoms with Crippen molar-refractivity contribution in [3.63, 3.8) is 0 Å². The highest BCUT2D eigenvalue weighted by atomic mass is 16.3. The Kier molecular flexibility index (Phi) is 17.3. The number of aliphatic hydroxyl groups is 2. The highest BCUT2D eigenvalue weighted by Gasteiger charge is 2.30. The maximum absolute atomic E-state index is 10.4. The predicted octanol–water partition coefficient (Wildman–Crippen LogP) is 7.59. The molecule has 0 aromatic rings. The molecule has 0 aromatic carbocycles. The molecule has 3 nitrogen and oxygen atoms in total. The van der Waals surface area contributed by atoms with Gasteiger partial charge in [0.05, 0.1) is 0 Å². The van der Waals surface area contributed by atoms with E-state index in [1.807, 2.05) is 0 Å². The summed E-state index contributed by atoms with van der Waals surface area (Å²) in [4.78, 5) is 0. The van der Waals surface area contributed by atoms with Crippen LogP contribution in [0.3, 0.4) is 0 Å². The number of aliphatic hydroxyl groups excluding tert-OH is 1. The Bertz CT molecular complexity index is 342. The van der Waals surface area contributed by atoms with Crippen molar-refractivity contribution in [3.8, 4) is 0 Å². The first-order chi connectivity index (χ1) is 14.2. The molecule has 3 N–H and O–H groups in total. The Morgan fingerprint density at radius 1 is 0.621 bits per heavy atom. The van der Waals surface area contributed by atoms with Gasteiger partial charge in [-0.25, -0.2) is 0 Å². The van der Waals surface area contributed by atoms with Crippen LogP contribution in [0.5, 0.6) is 0 Å². The first kappa shape index (κ1) is 26.9. The van der Waals surface area contributed by atoms with E-state index in [1.54, 1.807) is 0 Å². The van der Waals surface area contributed by atoms with Crippen LogP contribution in [-0.4, -0.2) is 22.2 Å². The molecular weight excluding hydrogens is 358 g/mol. The highest BCUT2D eigenvalue weighted by Crippen LogP contribution is 2.26. The summed E-state index contributed by atoms with van der Waals surface area (Å²) in [5, 5.41) is 23.6. The van der Waals surface area contributed by atoms with Gasteiger partial charge >= 0.3 is 0 Å². The van der Waals surface area contributed by atoms with Crippen LogP contribution in [0, 0.1) is 0 Å². The summed E-state index contributed by atoms with van der Waals surface area (Å²) in [6, 6.07) is 0. The fraction of sp³-hybridized carbons (Fsp3) is 1.00. The third-order valence-electron chi connectivity index (χ3n) is 6.70. The molecule has 29 heavy (non-hydrogen) atoms. The lowest BCUT2D eigenvalue weighted by molar-refractivity contribution is -0.0724. The van der Waals surface area contributed by atoms with Gasteiger partial charge in [0.15, 0.2) is 0 Å². The minimum absolute atomic E-state index is 0.547. The normalized spacial score (nSPS) is 17.5. The van der Waals surface area contributed by atoms with Crippen molar-refractivity contribution < 1.29 is 10.2 Å². The number of rotatable bonds is 20. The van der Waals surface area contributed by atoms with Gasteiger partial charge in [0.2, 0.25) is 0 Å². The lowest BCUT2D eigenvalue weighted by Gasteiger charge is -2.35. The number of hydrogen-bond acceptors (Lipinski definition) is 3. The van der Waals surface area contributed by atoms with Crippen LogP contribution in [0.25, 0.3) is 0 Å². The van der Waals surface area contributed by atoms with Gasteiger partial charge in [-0.3, -0.25) is 5.32 Å². The van der Waals surface area contributed by atoms with Gasteiger partial charge in [-0.05, 0) is 38.5 Å². The lowest BCUT2D eigenvalue weighted by atomic mass is 9.91. The van der Waals surface area contributed by atoms with Crippen molar-refractivity contribution in [1.82, 2.24) is 5.32 Å². The fourth-order valence-corrected chi connectivity index (χ4v) is 4.73. The van der Waals surface area contributed by atoms with Gasteiger partial charge in [0.1, 0.15) is 12.0 Å². The molecule has 1 atom stereocenters. The van der Waals surface area contributed by atoms with Gasteiger partial charge in [-0.1, -0.05) is 116 Å². The highest BCUT2D eigenvalue weighted by molar-refractivity contribution is 4.80. The molecule has 0 aromatic heterocycles. The zero-order valence-corrected chi connectivity index (χ0v) is 19.7. The summed E-state index contributed by atoms with van der Waals surface area (Å²) >= 11 is 0. The molecule has 3 heteroatoms. The Morgan fingerprint density at radius 2 is 1.00 bits per heavy atom. The number of unbranched alkanes of at least 4 members (excludes halogenated alkanes) is 16. The summed E-state index contributed by atoms with van der Waals surface area (Å²) < 4.78 is 0. The number of nitrogens with one attached hydrogen (secondary N) is 1. The Balaban J connectivity index is 1.75. The van der Waals surface area contributed by atoms with Crippen molar-refractivity contribution in [3.05, 3.63) is 0 Å². The lowest BCUT2D eigenvalue weighted by Crippen LogP contribution is -2.51. The summed E-state index contributed by atoms with van der Waals surface area (Å²) in [5.41, 5.74) is -0.813. The monoisotopic (exact) mass is 411 g/mol. The molecule has 1 unspecified atom stereocenters. The van der Waals surface area contributed by atoms with E-state index in [4.69, 9.17) is 0 Å². The molecule has 0 amide bonds. The second kappa shape index (κ2) is 18.6. The summed E-state index contributed by atoms with van der Waals surface area (Å²) in [6.45, 7) is 2.29. The van der Waals surface area contributed by atoms with Gasteiger partial charge in [-0.15, -0.1) is 0 Å². The molecule has 0 bridgehead atoms. The fourth-order valence-electron chi connectivity index (χ4n) is 4.73. The summed E-state index contributed by atoms with van der Waals surface area (Å²) in [7, 11) is 0. The second-order valence-corrected chi connectivity index (χ2v) is 9.70. The van der Waals surface area contributed by atoms with Gasteiger partial charge < -0.3 is 10.2 Å². The third kappa shape index (κ3) is 16.3. The van der Waals surface area contributed by atoms with Crippen LogP contribution in [0.2, 0.25) is 0 Å². The summed E-state index contributed by atoms with van der Waals surface area (Å²) in [5.74, 6) is 0. The standard InChI is InChI=1S/C26H53NO2/c1-2-3-4-5-6-7-8-9-10-11-12-13-14-15-16-17-19-22-25(28)27-26(29)23-20-18-21-24-26/h25,27-29H,2-24H2,1H3. The van der Waals surface area contributed by atoms with Gasteiger partial charge in [0, 0.05) is 0 Å². The van der Waals surface area contributed by atoms with E-state index in [0.29, 0.717) is 0 Å². The van der Waals surface area contributed by atoms with Crippen LogP contribution in [-0.2, 0) is 0 Å². The van der Waals surface area contributed by atoms with Crippen molar-refractivity contribution >= 4 is 0 Å². The van der Waals surface area contributed by atoms with E-state index in [9.17, 15) is 10.2 Å². The summed E-state index contributed by atoms with van der Waals surface area (Å²) in [6.07, 6.45) is 28.5. The first-order valence-corrected chi connectivity index (χ1v) is 13.3. The molecular formula is C26H53NO2. The van der Waals surface area contributed by atoms with Crippen molar-refractivity contribution in [2.45, 2.75) is 167 Å². The number of hydrogen-bond donors (Lipinski definition) is 3. The predicted molar refractivity (Wildman–Crippen MR) is 126 cm³/mol. The van der Waals surface area contributed by atoms with E-state index < -0.39 is 12.0 Å². The first-order valence-electron chi connectivity index (χ1n) is 13.3. The SMILES string of the molecule is CCCCCCCCCCCCCCCCCCCC(O)NC1(O)CCCCC1. The molecule has 0 saturated heterocycles. The second-order valence-electron chi connectivity index (χ2n) is 9.70. The molecule has 0 radical (unpaired) electrons. The molecule has 174 valence electrons. The van der Waals surface area contributed by atoms with Gasteiger partial charge in [-0.2, -0.15) is 0 Å². The zero-order valence-electron chi connectivity index (χ0n) is 19.7. The zero-order chi connectivity index (χ0) is 21.0. The van der Waals surface area contributed by atoms with E-state index in [2.05, 4.69) is 12.2 Å². The average molecular weight is 412 g/mol. The van der Waals surface area contributed by atoms with E-state index >= 15 is 0 Å². The largest absolute Gasteiger partial charge is 0.379 e. The van der Waals surface area contributed by atoms with Crippen LogP contribution in [0.1, 0.15) is 155 Å². The maximum Gasteiger partial charge on any atom is 0.117 e. The molecule has 1 saturated carbocycles. The quantitative estimate of drug-likeness (QED) is 0.143. The topological polar surface area (TPSA) is 52.5 Å². The Hall–Kier alpha value is -0.120. The van der Waals surface area contributed by atoms with Crippen LogP contribution in [0.4, 0.5) is 0 Å². The van der Waals surface area contributed by atoms with Gasteiger partial charge in [0.25, 0.3) is 0 Å². The van der Waals surface area contributed by atoms with E-state index in [0.717, 1.165) is 38.5 Å². The third-order valence-corrected chi connectivity index (χ3v) is 6.70. The maximum atomic E-state index is 10.4. The molecule has 0 spiro atoms. The molecule has 0 heterocycles.